The maximum Gasteiger partial charge on any atom is 0.268 e. The van der Waals surface area contributed by atoms with Crippen LogP contribution < -0.4 is 5.32 Å². The molecule has 0 radical (unpaired) electrons. The molecule has 1 atom stereocenters. The van der Waals surface area contributed by atoms with Crippen molar-refractivity contribution in [2.75, 3.05) is 6.54 Å². The van der Waals surface area contributed by atoms with Crippen molar-refractivity contribution < 1.29 is 9.90 Å². The van der Waals surface area contributed by atoms with E-state index in [-0.39, 0.29) is 12.5 Å². The number of halogens is 1. The van der Waals surface area contributed by atoms with Crippen LogP contribution in [0.5, 0.6) is 0 Å². The average Bonchev–Trinajstić information content (AvgIpc) is 2.56. The fraction of sp³-hybridized carbons (Fsp3) is 0.500. The first kappa shape index (κ1) is 12.1. The molecule has 1 heterocycles. The molecule has 0 saturated heterocycles. The van der Waals surface area contributed by atoms with Gasteiger partial charge in [0.25, 0.3) is 5.91 Å². The van der Waals surface area contributed by atoms with Crippen molar-refractivity contribution in [3.63, 3.8) is 0 Å². The number of aromatic nitrogens is 1. The summed E-state index contributed by atoms with van der Waals surface area (Å²) in [5.41, 5.74) is 0.517. The predicted octanol–water partition coefficient (Wildman–Crippen LogP) is 1.27. The van der Waals surface area contributed by atoms with Crippen molar-refractivity contribution in [1.29, 1.82) is 0 Å². The van der Waals surface area contributed by atoms with Gasteiger partial charge < -0.3 is 15.0 Å². The Bertz CT molecular complexity index is 347. The first-order valence-electron chi connectivity index (χ1n) is 4.86. The summed E-state index contributed by atoms with van der Waals surface area (Å²) in [6.45, 7) is 4.48. The van der Waals surface area contributed by atoms with Gasteiger partial charge in [0.15, 0.2) is 0 Å². The number of aryl methyl sites for hydroxylation is 1. The molecule has 1 amide bonds. The van der Waals surface area contributed by atoms with Gasteiger partial charge >= 0.3 is 0 Å². The van der Waals surface area contributed by atoms with Gasteiger partial charge in [0.2, 0.25) is 0 Å². The summed E-state index contributed by atoms with van der Waals surface area (Å²) >= 11 is 5.80. The molecule has 2 N–H and O–H groups in total. The molecule has 0 aliphatic heterocycles. The van der Waals surface area contributed by atoms with Crippen molar-refractivity contribution in [1.82, 2.24) is 9.88 Å². The second kappa shape index (κ2) is 5.19. The van der Waals surface area contributed by atoms with Gasteiger partial charge in [0.05, 0.1) is 11.1 Å². The second-order valence-electron chi connectivity index (χ2n) is 3.39. The van der Waals surface area contributed by atoms with Crippen LogP contribution in [0.15, 0.2) is 12.3 Å². The minimum Gasteiger partial charge on any atom is -0.392 e. The van der Waals surface area contributed by atoms with Gasteiger partial charge in [-0.25, -0.2) is 0 Å². The highest BCUT2D eigenvalue weighted by atomic mass is 35.5. The maximum atomic E-state index is 11.6. The number of aliphatic hydroxyl groups is 1. The second-order valence-corrected chi connectivity index (χ2v) is 3.83. The number of nitrogens with zero attached hydrogens (tertiary/aromatic N) is 1. The molecule has 5 heteroatoms. The lowest BCUT2D eigenvalue weighted by molar-refractivity contribution is 0.0915. The molecule has 4 nitrogen and oxygen atoms in total. The number of carbonyl (C=O) groups is 1. The van der Waals surface area contributed by atoms with E-state index in [2.05, 4.69) is 5.32 Å². The summed E-state index contributed by atoms with van der Waals surface area (Å²) in [5, 5.41) is 12.2. The third-order valence-electron chi connectivity index (χ3n) is 1.99. The Morgan fingerprint density at radius 1 is 1.73 bits per heavy atom. The predicted molar refractivity (Wildman–Crippen MR) is 59.1 cm³/mol. The van der Waals surface area contributed by atoms with E-state index >= 15 is 0 Å². The van der Waals surface area contributed by atoms with Crippen LogP contribution in [0, 0.1) is 0 Å². The van der Waals surface area contributed by atoms with Crippen molar-refractivity contribution in [2.24, 2.45) is 0 Å². The van der Waals surface area contributed by atoms with Crippen LogP contribution in [-0.2, 0) is 6.54 Å². The van der Waals surface area contributed by atoms with Crippen LogP contribution in [-0.4, -0.2) is 28.2 Å². The summed E-state index contributed by atoms with van der Waals surface area (Å²) in [6.07, 6.45) is 1.16. The van der Waals surface area contributed by atoms with Crippen molar-refractivity contribution in [3.8, 4) is 0 Å². The molecule has 1 aromatic heterocycles. The van der Waals surface area contributed by atoms with Gasteiger partial charge in [0, 0.05) is 19.3 Å². The zero-order valence-electron chi connectivity index (χ0n) is 8.83. The number of hydrogen-bond donors (Lipinski definition) is 2. The normalized spacial score (nSPS) is 12.5. The quantitative estimate of drug-likeness (QED) is 0.819. The number of carbonyl (C=O) groups excluding carboxylic acids is 1. The van der Waals surface area contributed by atoms with Gasteiger partial charge in [0.1, 0.15) is 5.69 Å². The van der Waals surface area contributed by atoms with E-state index in [0.717, 1.165) is 0 Å². The Balaban J connectivity index is 2.72. The minimum absolute atomic E-state index is 0.218. The van der Waals surface area contributed by atoms with Gasteiger partial charge in [-0.3, -0.25) is 4.79 Å². The lowest BCUT2D eigenvalue weighted by Gasteiger charge is -2.08. The Morgan fingerprint density at radius 2 is 2.40 bits per heavy atom. The Hall–Kier alpha value is -1.00. The molecule has 0 bridgehead atoms. The molecule has 0 aliphatic carbocycles. The Labute approximate surface area is 93.8 Å². The topological polar surface area (TPSA) is 54.3 Å². The first-order chi connectivity index (χ1) is 7.04. The van der Waals surface area contributed by atoms with Crippen LogP contribution in [0.3, 0.4) is 0 Å². The Morgan fingerprint density at radius 3 is 2.93 bits per heavy atom. The first-order valence-corrected chi connectivity index (χ1v) is 5.24. The van der Waals surface area contributed by atoms with E-state index in [1.54, 1.807) is 23.8 Å². The van der Waals surface area contributed by atoms with E-state index in [1.165, 1.54) is 0 Å². The number of hydrogen-bond acceptors (Lipinski definition) is 2. The monoisotopic (exact) mass is 230 g/mol. The summed E-state index contributed by atoms with van der Waals surface area (Å²) in [7, 11) is 0. The fourth-order valence-corrected chi connectivity index (χ4v) is 1.48. The van der Waals surface area contributed by atoms with Gasteiger partial charge in [-0.1, -0.05) is 11.6 Å². The molecule has 15 heavy (non-hydrogen) atoms. The molecule has 0 aromatic carbocycles. The van der Waals surface area contributed by atoms with E-state index in [9.17, 15) is 4.79 Å². The zero-order chi connectivity index (χ0) is 11.4. The van der Waals surface area contributed by atoms with E-state index in [4.69, 9.17) is 16.7 Å². The average molecular weight is 231 g/mol. The van der Waals surface area contributed by atoms with Crippen molar-refractivity contribution >= 4 is 17.5 Å². The highest BCUT2D eigenvalue weighted by Gasteiger charge is 2.12. The molecular weight excluding hydrogens is 216 g/mol. The van der Waals surface area contributed by atoms with Gasteiger partial charge in [-0.05, 0) is 19.9 Å². The third-order valence-corrected chi connectivity index (χ3v) is 2.20. The third kappa shape index (κ3) is 3.25. The summed E-state index contributed by atoms with van der Waals surface area (Å²) in [6, 6.07) is 1.61. The molecule has 0 fully saturated rings. The number of aliphatic hydroxyl groups excluding tert-OH is 1. The standard InChI is InChI=1S/C10H15ClN2O2/c1-3-13-6-8(11)4-9(13)10(15)12-5-7(2)14/h4,6-7,14H,3,5H2,1-2H3,(H,12,15). The van der Waals surface area contributed by atoms with E-state index in [1.807, 2.05) is 6.92 Å². The maximum absolute atomic E-state index is 11.6. The fourth-order valence-electron chi connectivity index (χ4n) is 1.26. The highest BCUT2D eigenvalue weighted by molar-refractivity contribution is 6.31. The molecule has 1 rings (SSSR count). The van der Waals surface area contributed by atoms with Crippen LogP contribution in [0.1, 0.15) is 24.3 Å². The molecule has 0 aliphatic rings. The van der Waals surface area contributed by atoms with Crippen LogP contribution in [0.25, 0.3) is 0 Å². The minimum atomic E-state index is -0.547. The molecule has 1 aromatic rings. The number of amides is 1. The lowest BCUT2D eigenvalue weighted by atomic mass is 10.3. The summed E-state index contributed by atoms with van der Waals surface area (Å²) < 4.78 is 1.76. The zero-order valence-corrected chi connectivity index (χ0v) is 9.58. The highest BCUT2D eigenvalue weighted by Crippen LogP contribution is 2.13. The molecule has 0 spiro atoms. The number of nitrogens with one attached hydrogen (secondary N) is 1. The van der Waals surface area contributed by atoms with Gasteiger partial charge in [-0.15, -0.1) is 0 Å². The molecular formula is C10H15ClN2O2. The Kier molecular flexibility index (Phi) is 4.17. The van der Waals surface area contributed by atoms with Gasteiger partial charge in [-0.2, -0.15) is 0 Å². The van der Waals surface area contributed by atoms with Crippen molar-refractivity contribution in [3.05, 3.63) is 23.0 Å². The van der Waals surface area contributed by atoms with E-state index in [0.29, 0.717) is 17.3 Å². The smallest absolute Gasteiger partial charge is 0.268 e. The largest absolute Gasteiger partial charge is 0.392 e. The van der Waals surface area contributed by atoms with E-state index < -0.39 is 6.10 Å². The molecule has 84 valence electrons. The van der Waals surface area contributed by atoms with Crippen LogP contribution in [0.2, 0.25) is 5.02 Å². The summed E-state index contributed by atoms with van der Waals surface area (Å²) in [4.78, 5) is 11.6. The lowest BCUT2D eigenvalue weighted by Crippen LogP contribution is -2.31. The van der Waals surface area contributed by atoms with Crippen LogP contribution in [0.4, 0.5) is 0 Å². The summed E-state index contributed by atoms with van der Waals surface area (Å²) in [5.74, 6) is -0.218. The molecule has 0 saturated carbocycles. The molecule has 1 unspecified atom stereocenters. The SMILES string of the molecule is CCn1cc(Cl)cc1C(=O)NCC(C)O. The number of rotatable bonds is 4. The van der Waals surface area contributed by atoms with Crippen molar-refractivity contribution in [2.45, 2.75) is 26.5 Å². The van der Waals surface area contributed by atoms with Crippen LogP contribution >= 0.6 is 11.6 Å².